The van der Waals surface area contributed by atoms with Crippen LogP contribution >= 0.6 is 23.2 Å². The first-order valence-corrected chi connectivity index (χ1v) is 6.02. The summed E-state index contributed by atoms with van der Waals surface area (Å²) in [6.07, 6.45) is 0. The first kappa shape index (κ1) is 15.7. The van der Waals surface area contributed by atoms with E-state index in [1.807, 2.05) is 4.98 Å². The molecule has 0 fully saturated rings. The SMILES string of the molecule is O=c1[nH]c2cc(Cl)c(Cl)c([N+](=O)[O-])c2c(O)c([N+](=O)[O-])c1=O. The van der Waals surface area contributed by atoms with Gasteiger partial charge in [-0.3, -0.25) is 29.8 Å². The number of nitro benzene ring substituents is 1. The zero-order valence-corrected chi connectivity index (χ0v) is 11.6. The summed E-state index contributed by atoms with van der Waals surface area (Å²) in [7, 11) is 0. The van der Waals surface area contributed by atoms with Gasteiger partial charge in [0, 0.05) is 0 Å². The summed E-state index contributed by atoms with van der Waals surface area (Å²) < 4.78 is 0. The van der Waals surface area contributed by atoms with Crippen molar-refractivity contribution >= 4 is 45.5 Å². The van der Waals surface area contributed by atoms with Crippen molar-refractivity contribution in [2.24, 2.45) is 0 Å². The molecule has 0 aliphatic heterocycles. The number of rotatable bonds is 2. The van der Waals surface area contributed by atoms with Crippen LogP contribution < -0.4 is 11.0 Å². The van der Waals surface area contributed by atoms with Crippen LogP contribution in [0.1, 0.15) is 0 Å². The summed E-state index contributed by atoms with van der Waals surface area (Å²) in [5, 5.41) is 30.2. The lowest BCUT2D eigenvalue weighted by atomic mass is 10.1. The van der Waals surface area contributed by atoms with Crippen LogP contribution in [0.2, 0.25) is 10.0 Å². The van der Waals surface area contributed by atoms with Crippen LogP contribution in [0.4, 0.5) is 11.4 Å². The van der Waals surface area contributed by atoms with Crippen molar-refractivity contribution in [1.82, 2.24) is 4.98 Å². The Morgan fingerprint density at radius 1 is 1.09 bits per heavy atom. The van der Waals surface area contributed by atoms with Gasteiger partial charge in [-0.2, -0.15) is 0 Å². The molecule has 1 heterocycles. The Labute approximate surface area is 128 Å². The van der Waals surface area contributed by atoms with Crippen LogP contribution in [0.5, 0.6) is 5.75 Å². The smallest absolute Gasteiger partial charge is 0.364 e. The molecule has 114 valence electrons. The van der Waals surface area contributed by atoms with Gasteiger partial charge in [0.15, 0.2) is 0 Å². The highest BCUT2D eigenvalue weighted by atomic mass is 35.5. The van der Waals surface area contributed by atoms with Crippen molar-refractivity contribution in [2.45, 2.75) is 0 Å². The fraction of sp³-hybridized carbons (Fsp3) is 0. The van der Waals surface area contributed by atoms with Crippen molar-refractivity contribution in [3.63, 3.8) is 0 Å². The van der Waals surface area contributed by atoms with Crippen molar-refractivity contribution in [3.05, 3.63) is 56.9 Å². The molecule has 0 saturated heterocycles. The highest BCUT2D eigenvalue weighted by Crippen LogP contribution is 2.42. The number of hydrogen-bond acceptors (Lipinski definition) is 7. The average Bonchev–Trinajstić information content (AvgIpc) is 2.48. The van der Waals surface area contributed by atoms with Gasteiger partial charge in [0.2, 0.25) is 5.75 Å². The van der Waals surface area contributed by atoms with E-state index in [4.69, 9.17) is 23.2 Å². The van der Waals surface area contributed by atoms with Crippen LogP contribution in [0.15, 0.2) is 15.7 Å². The number of nitrogens with one attached hydrogen (secondary N) is 1. The Morgan fingerprint density at radius 2 is 1.64 bits per heavy atom. The number of fused-ring (bicyclic) bond motifs is 1. The van der Waals surface area contributed by atoms with E-state index in [0.717, 1.165) is 6.07 Å². The average molecular weight is 348 g/mol. The zero-order chi connectivity index (χ0) is 16.8. The number of benzene rings is 1. The molecule has 12 heteroatoms. The number of hydrogen-bond donors (Lipinski definition) is 2. The third kappa shape index (κ3) is 2.23. The third-order valence-electron chi connectivity index (χ3n) is 2.69. The van der Waals surface area contributed by atoms with Gasteiger partial charge in [0.05, 0.1) is 20.4 Å². The molecule has 0 unspecified atom stereocenters. The van der Waals surface area contributed by atoms with Crippen molar-refractivity contribution < 1.29 is 15.0 Å². The monoisotopic (exact) mass is 347 g/mol. The van der Waals surface area contributed by atoms with E-state index in [1.54, 1.807) is 0 Å². The minimum Gasteiger partial charge on any atom is -0.501 e. The number of aromatic amines is 1. The highest BCUT2D eigenvalue weighted by Gasteiger charge is 2.30. The Hall–Kier alpha value is -2.72. The molecule has 0 radical (unpaired) electrons. The fourth-order valence-electron chi connectivity index (χ4n) is 1.80. The van der Waals surface area contributed by atoms with Gasteiger partial charge in [-0.05, 0) is 6.07 Å². The first-order valence-electron chi connectivity index (χ1n) is 5.26. The van der Waals surface area contributed by atoms with E-state index < -0.39 is 53.9 Å². The fourth-order valence-corrected chi connectivity index (χ4v) is 2.22. The summed E-state index contributed by atoms with van der Waals surface area (Å²) in [6.45, 7) is 0. The normalized spacial score (nSPS) is 10.6. The molecule has 2 N–H and O–H groups in total. The second-order valence-corrected chi connectivity index (χ2v) is 4.72. The molecule has 0 amide bonds. The quantitative estimate of drug-likeness (QED) is 0.475. The van der Waals surface area contributed by atoms with Gasteiger partial charge in [-0.25, -0.2) is 0 Å². The molecular weight excluding hydrogens is 345 g/mol. The lowest BCUT2D eigenvalue weighted by Crippen LogP contribution is -2.25. The van der Waals surface area contributed by atoms with E-state index in [1.165, 1.54) is 0 Å². The lowest BCUT2D eigenvalue weighted by molar-refractivity contribution is -0.387. The number of aromatic nitrogens is 1. The van der Waals surface area contributed by atoms with Gasteiger partial charge < -0.3 is 10.1 Å². The maximum atomic E-state index is 11.6. The van der Waals surface area contributed by atoms with Crippen LogP contribution in [0.3, 0.4) is 0 Å². The molecule has 0 bridgehead atoms. The van der Waals surface area contributed by atoms with Gasteiger partial charge in [0.25, 0.3) is 0 Å². The molecule has 0 aliphatic rings. The standard InChI is InChI=1S/C10H3Cl2N3O7/c11-2-1-3-4(6(5(2)12)14(19)20)8(16)7(15(21)22)9(17)10(18)13-3/h1,16H,(H,13,17,18). The van der Waals surface area contributed by atoms with Crippen LogP contribution in [0, 0.1) is 20.2 Å². The van der Waals surface area contributed by atoms with Crippen LogP contribution in [0.25, 0.3) is 10.9 Å². The van der Waals surface area contributed by atoms with Gasteiger partial charge in [-0.15, -0.1) is 0 Å². The summed E-state index contributed by atoms with van der Waals surface area (Å²) in [4.78, 5) is 44.7. The van der Waals surface area contributed by atoms with Crippen molar-refractivity contribution in [3.8, 4) is 5.75 Å². The summed E-state index contributed by atoms with van der Waals surface area (Å²) in [5.74, 6) is -1.35. The molecule has 1 aromatic heterocycles. The first-order chi connectivity index (χ1) is 10.2. The Bertz CT molecular complexity index is 969. The zero-order valence-electron chi connectivity index (χ0n) is 10.1. The molecule has 0 atom stereocenters. The van der Waals surface area contributed by atoms with E-state index in [0.29, 0.717) is 0 Å². The van der Waals surface area contributed by atoms with E-state index in [-0.39, 0.29) is 5.02 Å². The number of aromatic hydroxyl groups is 1. The molecule has 10 nitrogen and oxygen atoms in total. The summed E-state index contributed by atoms with van der Waals surface area (Å²) in [5.41, 5.74) is -6.05. The number of nitro groups is 2. The maximum absolute atomic E-state index is 11.6. The third-order valence-corrected chi connectivity index (χ3v) is 3.47. The minimum absolute atomic E-state index is 0.350. The molecular formula is C10H3Cl2N3O7. The predicted molar refractivity (Wildman–Crippen MR) is 75.8 cm³/mol. The molecule has 22 heavy (non-hydrogen) atoms. The molecule has 0 spiro atoms. The van der Waals surface area contributed by atoms with Gasteiger partial charge in [-0.1, -0.05) is 23.2 Å². The van der Waals surface area contributed by atoms with E-state index in [9.17, 15) is 34.9 Å². The second kappa shape index (κ2) is 5.24. The summed E-state index contributed by atoms with van der Waals surface area (Å²) >= 11 is 11.3. The molecule has 2 aromatic rings. The second-order valence-electron chi connectivity index (χ2n) is 3.94. The van der Waals surface area contributed by atoms with Gasteiger partial charge >= 0.3 is 22.4 Å². The maximum Gasteiger partial charge on any atom is 0.364 e. The lowest BCUT2D eigenvalue weighted by Gasteiger charge is -2.02. The van der Waals surface area contributed by atoms with Crippen molar-refractivity contribution in [2.75, 3.05) is 0 Å². The molecule has 2 rings (SSSR count). The van der Waals surface area contributed by atoms with Gasteiger partial charge in [0.1, 0.15) is 10.4 Å². The Morgan fingerprint density at radius 3 is 2.14 bits per heavy atom. The topological polar surface area (TPSA) is 156 Å². The Kier molecular flexibility index (Phi) is 3.73. The Balaban J connectivity index is 3.34. The number of H-pyrrole nitrogens is 1. The molecule has 0 saturated carbocycles. The van der Waals surface area contributed by atoms with Crippen LogP contribution in [-0.2, 0) is 0 Å². The van der Waals surface area contributed by atoms with Crippen molar-refractivity contribution in [1.29, 1.82) is 0 Å². The number of nitrogens with zero attached hydrogens (tertiary/aromatic N) is 2. The minimum atomic E-state index is -1.67. The molecule has 0 aliphatic carbocycles. The predicted octanol–water partition coefficient (Wildman–Crippen LogP) is 1.72. The summed E-state index contributed by atoms with van der Waals surface area (Å²) in [6, 6.07) is 0.927. The van der Waals surface area contributed by atoms with E-state index in [2.05, 4.69) is 0 Å². The van der Waals surface area contributed by atoms with Crippen LogP contribution in [-0.4, -0.2) is 19.9 Å². The molecule has 1 aromatic carbocycles. The number of halogens is 2. The largest absolute Gasteiger partial charge is 0.501 e. The van der Waals surface area contributed by atoms with E-state index >= 15 is 0 Å². The highest BCUT2D eigenvalue weighted by molar-refractivity contribution is 6.44.